The maximum Gasteiger partial charge on any atom is 0.230 e. The van der Waals surface area contributed by atoms with Gasteiger partial charge in [0, 0.05) is 18.2 Å². The molecule has 0 fully saturated rings. The van der Waals surface area contributed by atoms with Crippen molar-refractivity contribution in [3.8, 4) is 51.7 Å². The van der Waals surface area contributed by atoms with E-state index in [0.717, 1.165) is 11.3 Å². The fraction of sp³-hybridized carbons (Fsp3) is 0.238. The lowest BCUT2D eigenvalue weighted by Gasteiger charge is -2.32. The standard InChI is InChI=1S/C21H24N4O14S/c22-19-23-5(4-40-19)1-8(26)24-9-14(31)10(27)6(11(28)15(9)32)2-20(36,37)25-21(38,39)3-7-12(29)16(33)18(35)17(34)13(7)30/h4,25,27-39H,1-3H2,(H2,22,23)(H,24,26). The highest BCUT2D eigenvalue weighted by Crippen LogP contribution is 2.52. The minimum atomic E-state index is -3.51. The molecule has 0 aliphatic carbocycles. The Morgan fingerprint density at radius 1 is 0.725 bits per heavy atom. The number of phenols is 9. The van der Waals surface area contributed by atoms with Gasteiger partial charge in [0.15, 0.2) is 39.6 Å². The van der Waals surface area contributed by atoms with Crippen LogP contribution in [-0.2, 0) is 24.1 Å². The SMILES string of the molecule is Nc1nc(CC(=O)Nc2c(O)c(O)c(CC(O)(O)NC(O)(O)Cc3c(O)c(O)c(O)c(O)c3O)c(O)c2O)cs1. The number of thiazole rings is 1. The van der Waals surface area contributed by atoms with Crippen LogP contribution < -0.4 is 16.4 Å². The molecule has 1 aromatic heterocycles. The Hall–Kier alpha value is -4.66. The number of nitrogen functional groups attached to an aromatic ring is 1. The highest BCUT2D eigenvalue weighted by molar-refractivity contribution is 7.13. The smallest absolute Gasteiger partial charge is 0.230 e. The van der Waals surface area contributed by atoms with Gasteiger partial charge in [-0.2, -0.15) is 0 Å². The number of nitrogens with zero attached hydrogens (tertiary/aromatic N) is 1. The van der Waals surface area contributed by atoms with Crippen LogP contribution in [0, 0.1) is 0 Å². The highest BCUT2D eigenvalue weighted by Gasteiger charge is 2.40. The van der Waals surface area contributed by atoms with E-state index in [1.165, 1.54) is 10.7 Å². The number of hydrogen-bond donors (Lipinski definition) is 16. The third-order valence-corrected chi connectivity index (χ3v) is 6.11. The Kier molecular flexibility index (Phi) is 7.83. The first-order valence-electron chi connectivity index (χ1n) is 10.7. The van der Waals surface area contributed by atoms with Crippen LogP contribution in [0.25, 0.3) is 0 Å². The number of phenolic OH excluding ortho intramolecular Hbond substituents is 9. The molecule has 17 N–H and O–H groups in total. The molecule has 0 atom stereocenters. The molecule has 0 unspecified atom stereocenters. The lowest BCUT2D eigenvalue weighted by molar-refractivity contribution is -0.284. The second-order valence-corrected chi connectivity index (χ2v) is 9.37. The Morgan fingerprint density at radius 3 is 1.52 bits per heavy atom. The second-order valence-electron chi connectivity index (χ2n) is 8.48. The maximum absolute atomic E-state index is 12.2. The first kappa shape index (κ1) is 29.9. The Morgan fingerprint density at radius 2 is 1.12 bits per heavy atom. The van der Waals surface area contributed by atoms with E-state index in [9.17, 15) is 71.2 Å². The van der Waals surface area contributed by atoms with Gasteiger partial charge in [-0.05, 0) is 0 Å². The monoisotopic (exact) mass is 588 g/mol. The van der Waals surface area contributed by atoms with Gasteiger partial charge < -0.3 is 77.4 Å². The van der Waals surface area contributed by atoms with Crippen molar-refractivity contribution in [3.05, 3.63) is 22.2 Å². The lowest BCUT2D eigenvalue weighted by atomic mass is 10.0. The third-order valence-electron chi connectivity index (χ3n) is 5.39. The number of aromatic nitrogens is 1. The zero-order valence-corrected chi connectivity index (χ0v) is 20.7. The Labute approximate surface area is 226 Å². The number of aromatic hydroxyl groups is 9. The molecule has 0 aliphatic rings. The Balaban J connectivity index is 1.84. The number of benzene rings is 2. The largest absolute Gasteiger partial charge is 0.504 e. The topological polar surface area (TPSA) is 343 Å². The van der Waals surface area contributed by atoms with Crippen LogP contribution in [0.3, 0.4) is 0 Å². The molecule has 0 saturated heterocycles. The molecule has 40 heavy (non-hydrogen) atoms. The van der Waals surface area contributed by atoms with E-state index in [1.54, 1.807) is 0 Å². The number of aliphatic hydroxyl groups is 4. The van der Waals surface area contributed by atoms with Crippen molar-refractivity contribution in [2.45, 2.75) is 31.1 Å². The summed E-state index contributed by atoms with van der Waals surface area (Å²) in [6.45, 7) is 0. The number of rotatable bonds is 9. The van der Waals surface area contributed by atoms with Crippen molar-refractivity contribution < 1.29 is 71.2 Å². The molecule has 0 spiro atoms. The average Bonchev–Trinajstić information content (AvgIpc) is 3.27. The van der Waals surface area contributed by atoms with Crippen LogP contribution in [0.1, 0.15) is 16.8 Å². The van der Waals surface area contributed by atoms with Crippen molar-refractivity contribution in [1.82, 2.24) is 10.3 Å². The second kappa shape index (κ2) is 10.5. The molecule has 3 rings (SSSR count). The average molecular weight is 589 g/mol. The van der Waals surface area contributed by atoms with Crippen LogP contribution in [0.5, 0.6) is 51.7 Å². The summed E-state index contributed by atoms with van der Waals surface area (Å²) in [5, 5.41) is 136. The fourth-order valence-electron chi connectivity index (χ4n) is 3.59. The van der Waals surface area contributed by atoms with Crippen LogP contribution in [0.4, 0.5) is 10.8 Å². The number of anilines is 2. The molecule has 0 bridgehead atoms. The van der Waals surface area contributed by atoms with Crippen molar-refractivity contribution in [1.29, 1.82) is 0 Å². The van der Waals surface area contributed by atoms with Gasteiger partial charge >= 0.3 is 0 Å². The zero-order valence-electron chi connectivity index (χ0n) is 19.9. The van der Waals surface area contributed by atoms with Gasteiger partial charge in [0.25, 0.3) is 0 Å². The van der Waals surface area contributed by atoms with E-state index in [-0.39, 0.29) is 17.2 Å². The molecule has 2 aromatic carbocycles. The summed E-state index contributed by atoms with van der Waals surface area (Å²) in [7, 11) is 0. The highest BCUT2D eigenvalue weighted by atomic mass is 32.1. The molecule has 0 radical (unpaired) electrons. The molecule has 18 nitrogen and oxygen atoms in total. The summed E-state index contributed by atoms with van der Waals surface area (Å²) in [4.78, 5) is 16.1. The number of carbonyl (C=O) groups excluding carboxylic acids is 1. The van der Waals surface area contributed by atoms with E-state index >= 15 is 0 Å². The summed E-state index contributed by atoms with van der Waals surface area (Å²) in [6, 6.07) is 0. The molecule has 19 heteroatoms. The van der Waals surface area contributed by atoms with E-state index < -0.39 is 99.1 Å². The van der Waals surface area contributed by atoms with E-state index in [1.807, 2.05) is 5.32 Å². The normalized spacial score (nSPS) is 12.0. The van der Waals surface area contributed by atoms with Gasteiger partial charge in [-0.3, -0.25) is 4.79 Å². The first-order chi connectivity index (χ1) is 18.3. The summed E-state index contributed by atoms with van der Waals surface area (Å²) in [5.41, 5.74) is 2.88. The van der Waals surface area contributed by atoms with Crippen molar-refractivity contribution in [3.63, 3.8) is 0 Å². The van der Waals surface area contributed by atoms with Crippen LogP contribution in [-0.4, -0.2) is 89.1 Å². The molecule has 0 aliphatic heterocycles. The molecule has 0 saturated carbocycles. The number of nitrogens with two attached hydrogens (primary N) is 1. The quantitative estimate of drug-likeness (QED) is 0.0723. The number of hydrogen-bond acceptors (Lipinski definition) is 18. The van der Waals surface area contributed by atoms with Gasteiger partial charge in [-0.25, -0.2) is 10.3 Å². The zero-order chi connectivity index (χ0) is 30.3. The minimum Gasteiger partial charge on any atom is -0.504 e. The Bertz CT molecular complexity index is 1410. The van der Waals surface area contributed by atoms with Crippen molar-refractivity contribution in [2.24, 2.45) is 0 Å². The summed E-state index contributed by atoms with van der Waals surface area (Å²) < 4.78 is 0. The predicted octanol–water partition coefficient (Wildman–Crippen LogP) is -2.09. The number of amides is 1. The van der Waals surface area contributed by atoms with Crippen LogP contribution >= 0.6 is 11.3 Å². The molecule has 1 amide bonds. The third kappa shape index (κ3) is 5.98. The number of carbonyl (C=O) groups is 1. The van der Waals surface area contributed by atoms with Gasteiger partial charge in [-0.15, -0.1) is 11.3 Å². The maximum atomic E-state index is 12.2. The van der Waals surface area contributed by atoms with Gasteiger partial charge in [-0.1, -0.05) is 0 Å². The number of nitrogens with one attached hydrogen (secondary N) is 2. The van der Waals surface area contributed by atoms with E-state index in [0.29, 0.717) is 0 Å². The first-order valence-corrected chi connectivity index (χ1v) is 11.6. The minimum absolute atomic E-state index is 0.168. The summed E-state index contributed by atoms with van der Waals surface area (Å²) in [5.74, 6) is -19.6. The molecule has 3 aromatic rings. The summed E-state index contributed by atoms with van der Waals surface area (Å²) in [6.07, 6.45) is -3.17. The molecule has 1 heterocycles. The van der Waals surface area contributed by atoms with E-state index in [4.69, 9.17) is 5.73 Å². The van der Waals surface area contributed by atoms with Crippen LogP contribution in [0.15, 0.2) is 5.38 Å². The molecule has 218 valence electrons. The fourth-order valence-corrected chi connectivity index (χ4v) is 4.15. The van der Waals surface area contributed by atoms with Gasteiger partial charge in [0.1, 0.15) is 5.69 Å². The molecular weight excluding hydrogens is 564 g/mol. The molecular formula is C21H24N4O14S. The van der Waals surface area contributed by atoms with Gasteiger partial charge in [0.2, 0.25) is 35.0 Å². The predicted molar refractivity (Wildman–Crippen MR) is 132 cm³/mol. The van der Waals surface area contributed by atoms with Crippen molar-refractivity contribution in [2.75, 3.05) is 11.1 Å². The van der Waals surface area contributed by atoms with Crippen molar-refractivity contribution >= 4 is 28.1 Å². The summed E-state index contributed by atoms with van der Waals surface area (Å²) >= 11 is 1.04. The van der Waals surface area contributed by atoms with E-state index in [2.05, 4.69) is 4.98 Å². The van der Waals surface area contributed by atoms with Crippen LogP contribution in [0.2, 0.25) is 0 Å². The lowest BCUT2D eigenvalue weighted by Crippen LogP contribution is -2.60. The van der Waals surface area contributed by atoms with Gasteiger partial charge in [0.05, 0.1) is 23.2 Å².